The summed E-state index contributed by atoms with van der Waals surface area (Å²) in [5, 5.41) is 9.03. The van der Waals surface area contributed by atoms with Crippen LogP contribution in [0.15, 0.2) is 24.3 Å². The van der Waals surface area contributed by atoms with Crippen molar-refractivity contribution in [2.45, 2.75) is 0 Å². The zero-order chi connectivity index (χ0) is 11.4. The molecule has 0 saturated heterocycles. The number of carbonyl (C=O) groups is 1. The van der Waals surface area contributed by atoms with Crippen LogP contribution in [0.5, 0.6) is 0 Å². The highest BCUT2D eigenvalue weighted by Gasteiger charge is 2.13. The van der Waals surface area contributed by atoms with Crippen molar-refractivity contribution < 1.29 is 4.79 Å². The Kier molecular flexibility index (Phi) is 3.33. The number of rotatable bonds is 1. The molecule has 1 amide bonds. The van der Waals surface area contributed by atoms with Crippen LogP contribution in [0, 0.1) is 11.3 Å². The lowest BCUT2D eigenvalue weighted by Gasteiger charge is -2.13. The molecule has 15 heavy (non-hydrogen) atoms. The molecule has 4 N–H and O–H groups in total. The van der Waals surface area contributed by atoms with Gasteiger partial charge in [-0.05, 0) is 36.5 Å². The quantitative estimate of drug-likeness (QED) is 0.303. The second-order valence-electron chi connectivity index (χ2n) is 2.70. The maximum Gasteiger partial charge on any atom is 0.274 e. The first-order valence-electron chi connectivity index (χ1n) is 3.95. The molecule has 0 aliphatic carbocycles. The van der Waals surface area contributed by atoms with Crippen LogP contribution in [0.1, 0.15) is 15.9 Å². The summed E-state index contributed by atoms with van der Waals surface area (Å²) >= 11 is 4.55. The van der Waals surface area contributed by atoms with Crippen molar-refractivity contribution in [3.8, 4) is 6.07 Å². The lowest BCUT2D eigenvalue weighted by Crippen LogP contribution is -2.45. The summed E-state index contributed by atoms with van der Waals surface area (Å²) in [6.07, 6.45) is 0. The number of thiocarbonyl (C=S) groups is 1. The molecule has 0 aliphatic rings. The van der Waals surface area contributed by atoms with Gasteiger partial charge in [0.25, 0.3) is 5.91 Å². The van der Waals surface area contributed by atoms with Gasteiger partial charge in [-0.2, -0.15) is 5.26 Å². The van der Waals surface area contributed by atoms with E-state index < -0.39 is 5.91 Å². The van der Waals surface area contributed by atoms with Crippen LogP contribution in [0.3, 0.4) is 0 Å². The van der Waals surface area contributed by atoms with Crippen molar-refractivity contribution in [2.75, 3.05) is 0 Å². The molecule has 1 aromatic rings. The van der Waals surface area contributed by atoms with E-state index in [4.69, 9.17) is 16.8 Å². The van der Waals surface area contributed by atoms with Crippen LogP contribution in [0.2, 0.25) is 0 Å². The number of hydrazine groups is 1. The maximum absolute atomic E-state index is 11.5. The molecule has 0 bridgehead atoms. The van der Waals surface area contributed by atoms with Gasteiger partial charge in [-0.15, -0.1) is 0 Å². The number of hydrogen-bond donors (Lipinski definition) is 2. The lowest BCUT2D eigenvalue weighted by molar-refractivity contribution is 0.0848. The van der Waals surface area contributed by atoms with Gasteiger partial charge in [-0.1, -0.05) is 0 Å². The number of amides is 1. The number of nitrogens with zero attached hydrogens (tertiary/aromatic N) is 2. The average Bonchev–Trinajstić information content (AvgIpc) is 2.27. The molecule has 1 rings (SSSR count). The van der Waals surface area contributed by atoms with Crippen molar-refractivity contribution in [3.05, 3.63) is 35.4 Å². The molecule has 0 unspecified atom stereocenters. The number of hydrogen-bond acceptors (Lipinski definition) is 4. The first-order valence-corrected chi connectivity index (χ1v) is 4.36. The summed E-state index contributed by atoms with van der Waals surface area (Å²) < 4.78 is 0. The molecule has 0 fully saturated rings. The van der Waals surface area contributed by atoms with Crippen molar-refractivity contribution in [3.63, 3.8) is 0 Å². The average molecular weight is 220 g/mol. The minimum Gasteiger partial charge on any atom is -0.375 e. The molecule has 5 nitrogen and oxygen atoms in total. The van der Waals surface area contributed by atoms with Crippen LogP contribution in [-0.2, 0) is 0 Å². The number of carbonyl (C=O) groups excluding carboxylic acids is 1. The molecule has 0 aliphatic heterocycles. The molecular formula is C9H8N4OS. The smallest absolute Gasteiger partial charge is 0.274 e. The Morgan fingerprint density at radius 3 is 2.33 bits per heavy atom. The van der Waals surface area contributed by atoms with E-state index in [0.29, 0.717) is 16.1 Å². The van der Waals surface area contributed by atoms with Gasteiger partial charge in [0, 0.05) is 5.56 Å². The van der Waals surface area contributed by atoms with Crippen LogP contribution < -0.4 is 11.6 Å². The molecule has 6 heteroatoms. The summed E-state index contributed by atoms with van der Waals surface area (Å²) in [6, 6.07) is 7.94. The van der Waals surface area contributed by atoms with E-state index in [2.05, 4.69) is 12.2 Å². The summed E-state index contributed by atoms with van der Waals surface area (Å²) in [4.78, 5) is 11.5. The molecule has 0 spiro atoms. The highest BCUT2D eigenvalue weighted by molar-refractivity contribution is 7.80. The first-order chi connectivity index (χ1) is 7.06. The Balaban J connectivity index is 2.93. The molecule has 1 aromatic carbocycles. The van der Waals surface area contributed by atoms with Crippen molar-refractivity contribution >= 4 is 23.2 Å². The number of nitriles is 1. The first kappa shape index (κ1) is 11.1. The molecule has 0 radical (unpaired) electrons. The third-order valence-corrected chi connectivity index (χ3v) is 1.91. The van der Waals surface area contributed by atoms with Gasteiger partial charge in [0.05, 0.1) is 11.6 Å². The Morgan fingerprint density at radius 2 is 1.93 bits per heavy atom. The largest absolute Gasteiger partial charge is 0.375 e. The second-order valence-corrected chi connectivity index (χ2v) is 3.12. The van der Waals surface area contributed by atoms with Crippen LogP contribution in [0.4, 0.5) is 0 Å². The van der Waals surface area contributed by atoms with Crippen LogP contribution >= 0.6 is 12.2 Å². The topological polar surface area (TPSA) is 96.1 Å². The fourth-order valence-corrected chi connectivity index (χ4v) is 1.01. The predicted octanol–water partition coefficient (Wildman–Crippen LogP) is 0.118. The van der Waals surface area contributed by atoms with Crippen LogP contribution in [-0.4, -0.2) is 16.0 Å². The monoisotopic (exact) mass is 220 g/mol. The number of nitrogens with two attached hydrogens (primary N) is 2. The highest BCUT2D eigenvalue weighted by Crippen LogP contribution is 2.05. The van der Waals surface area contributed by atoms with Crippen molar-refractivity contribution in [2.24, 2.45) is 11.6 Å². The molecule has 0 aromatic heterocycles. The summed E-state index contributed by atoms with van der Waals surface area (Å²) in [6.45, 7) is 0. The molecule has 76 valence electrons. The van der Waals surface area contributed by atoms with E-state index in [1.807, 2.05) is 6.07 Å². The van der Waals surface area contributed by atoms with Gasteiger partial charge >= 0.3 is 0 Å². The SMILES string of the molecule is N#Cc1ccc(C(=O)N(N)C(N)=S)cc1. The lowest BCUT2D eigenvalue weighted by atomic mass is 10.1. The molecule has 0 heterocycles. The summed E-state index contributed by atoms with van der Waals surface area (Å²) in [5.74, 6) is 4.81. The summed E-state index contributed by atoms with van der Waals surface area (Å²) in [5.41, 5.74) is 5.98. The van der Waals surface area contributed by atoms with Gasteiger partial charge < -0.3 is 5.73 Å². The second kappa shape index (κ2) is 4.50. The Hall–Kier alpha value is -1.97. The third-order valence-electron chi connectivity index (χ3n) is 1.72. The van der Waals surface area contributed by atoms with Crippen molar-refractivity contribution in [1.82, 2.24) is 5.01 Å². The fraction of sp³-hybridized carbons (Fsp3) is 0. The zero-order valence-corrected chi connectivity index (χ0v) is 8.49. The van der Waals surface area contributed by atoms with E-state index in [0.717, 1.165) is 0 Å². The normalized spacial score (nSPS) is 9.07. The van der Waals surface area contributed by atoms with E-state index in [9.17, 15) is 4.79 Å². The minimum atomic E-state index is -0.507. The van der Waals surface area contributed by atoms with Gasteiger partial charge in [0.1, 0.15) is 0 Å². The highest BCUT2D eigenvalue weighted by atomic mass is 32.1. The Labute approximate surface area is 91.8 Å². The minimum absolute atomic E-state index is 0.204. The standard InChI is InChI=1S/C9H8N4OS/c10-5-6-1-3-7(4-2-6)8(14)13(12)9(11)15/h1-4H,12H2,(H2,11,15). The van der Waals surface area contributed by atoms with E-state index in [1.54, 1.807) is 0 Å². The predicted molar refractivity (Wildman–Crippen MR) is 58.3 cm³/mol. The Morgan fingerprint density at radius 1 is 1.40 bits per heavy atom. The van der Waals surface area contributed by atoms with E-state index >= 15 is 0 Å². The van der Waals surface area contributed by atoms with Gasteiger partial charge in [-0.3, -0.25) is 4.79 Å². The van der Waals surface area contributed by atoms with Crippen molar-refractivity contribution in [1.29, 1.82) is 5.26 Å². The van der Waals surface area contributed by atoms with Gasteiger partial charge in [0.15, 0.2) is 5.11 Å². The summed E-state index contributed by atoms with van der Waals surface area (Å²) in [7, 11) is 0. The number of benzene rings is 1. The van der Waals surface area contributed by atoms with Crippen LogP contribution in [0.25, 0.3) is 0 Å². The fourth-order valence-electron chi connectivity index (χ4n) is 0.927. The van der Waals surface area contributed by atoms with Gasteiger partial charge in [0.2, 0.25) is 0 Å². The Bertz CT molecular complexity index is 434. The molecular weight excluding hydrogens is 212 g/mol. The molecule has 0 saturated carbocycles. The maximum atomic E-state index is 11.5. The van der Waals surface area contributed by atoms with Gasteiger partial charge in [-0.25, -0.2) is 10.9 Å². The third kappa shape index (κ3) is 2.49. The molecule has 0 atom stereocenters. The zero-order valence-electron chi connectivity index (χ0n) is 7.68. The van der Waals surface area contributed by atoms with E-state index in [1.165, 1.54) is 24.3 Å². The van der Waals surface area contributed by atoms with E-state index in [-0.39, 0.29) is 5.11 Å².